The van der Waals surface area contributed by atoms with E-state index in [1.807, 2.05) is 0 Å². The molecular weight excluding hydrogens is 196 g/mol. The first-order valence-electron chi connectivity index (χ1n) is 7.01. The summed E-state index contributed by atoms with van der Waals surface area (Å²) in [6.07, 6.45) is 13.6. The molecule has 4 aliphatic carbocycles. The van der Waals surface area contributed by atoms with Crippen LogP contribution in [0.4, 0.5) is 0 Å². The molecule has 0 aliphatic heterocycles. The van der Waals surface area contributed by atoms with E-state index in [2.05, 4.69) is 12.2 Å². The number of carbonyl (C=O) groups excluding carboxylic acids is 1. The number of ketones is 1. The van der Waals surface area contributed by atoms with Crippen molar-refractivity contribution in [2.45, 2.75) is 44.9 Å². The van der Waals surface area contributed by atoms with Crippen LogP contribution in [-0.4, -0.2) is 5.78 Å². The van der Waals surface area contributed by atoms with Crippen LogP contribution >= 0.6 is 0 Å². The molecule has 3 fully saturated rings. The number of fused-ring (bicyclic) bond motifs is 2. The van der Waals surface area contributed by atoms with Crippen molar-refractivity contribution in [1.82, 2.24) is 0 Å². The molecular formula is C15H20O. The normalized spacial score (nSPS) is 53.9. The van der Waals surface area contributed by atoms with Crippen LogP contribution in [0.2, 0.25) is 0 Å². The monoisotopic (exact) mass is 216 g/mol. The Bertz CT molecular complexity index is 370. The predicted molar refractivity (Wildman–Crippen MR) is 62.9 cm³/mol. The van der Waals surface area contributed by atoms with Crippen LogP contribution in [0.3, 0.4) is 0 Å². The molecule has 4 rings (SSSR count). The largest absolute Gasteiger partial charge is 0.299 e. The van der Waals surface area contributed by atoms with Gasteiger partial charge in [0.1, 0.15) is 5.78 Å². The summed E-state index contributed by atoms with van der Waals surface area (Å²) in [6.45, 7) is 0. The molecule has 0 radical (unpaired) electrons. The molecule has 0 bridgehead atoms. The zero-order valence-corrected chi connectivity index (χ0v) is 9.82. The predicted octanol–water partition coefficient (Wildman–Crippen LogP) is 3.35. The van der Waals surface area contributed by atoms with Gasteiger partial charge in [-0.25, -0.2) is 0 Å². The topological polar surface area (TPSA) is 17.1 Å². The molecule has 86 valence electrons. The Hall–Kier alpha value is -0.590. The lowest BCUT2D eigenvalue weighted by Crippen LogP contribution is -2.34. The fraction of sp³-hybridized carbons (Fsp3) is 0.800. The highest BCUT2D eigenvalue weighted by Crippen LogP contribution is 2.67. The smallest absolute Gasteiger partial charge is 0.136 e. The van der Waals surface area contributed by atoms with Crippen LogP contribution < -0.4 is 0 Å². The van der Waals surface area contributed by atoms with Crippen molar-refractivity contribution in [2.75, 3.05) is 0 Å². The summed E-state index contributed by atoms with van der Waals surface area (Å²) >= 11 is 0. The average molecular weight is 216 g/mol. The second kappa shape index (κ2) is 3.00. The van der Waals surface area contributed by atoms with Crippen LogP contribution in [0.15, 0.2) is 12.2 Å². The minimum absolute atomic E-state index is 0.463. The van der Waals surface area contributed by atoms with E-state index >= 15 is 0 Å². The van der Waals surface area contributed by atoms with Gasteiger partial charge in [0.2, 0.25) is 0 Å². The summed E-state index contributed by atoms with van der Waals surface area (Å²) in [5, 5.41) is 0. The molecule has 0 aromatic rings. The molecule has 0 N–H and O–H groups in total. The first kappa shape index (κ1) is 9.44. The number of hydrogen-bond donors (Lipinski definition) is 0. The third kappa shape index (κ3) is 0.959. The third-order valence-electron chi connectivity index (χ3n) is 6.10. The highest BCUT2D eigenvalue weighted by atomic mass is 16.1. The van der Waals surface area contributed by atoms with Gasteiger partial charge in [-0.15, -0.1) is 0 Å². The fourth-order valence-electron chi connectivity index (χ4n) is 5.57. The molecule has 0 saturated heterocycles. The average Bonchev–Trinajstić information content (AvgIpc) is 2.88. The lowest BCUT2D eigenvalue weighted by Gasteiger charge is -2.39. The summed E-state index contributed by atoms with van der Waals surface area (Å²) in [4.78, 5) is 12.2. The van der Waals surface area contributed by atoms with Gasteiger partial charge in [0.25, 0.3) is 0 Å². The van der Waals surface area contributed by atoms with E-state index in [-0.39, 0.29) is 0 Å². The third-order valence-corrected chi connectivity index (χ3v) is 6.10. The van der Waals surface area contributed by atoms with Gasteiger partial charge in [-0.3, -0.25) is 4.79 Å². The number of allylic oxidation sites excluding steroid dienone is 2. The van der Waals surface area contributed by atoms with E-state index in [9.17, 15) is 4.79 Å². The summed E-state index contributed by atoms with van der Waals surface area (Å²) in [6, 6.07) is 0. The van der Waals surface area contributed by atoms with Gasteiger partial charge in [-0.2, -0.15) is 0 Å². The summed E-state index contributed by atoms with van der Waals surface area (Å²) in [5.41, 5.74) is 0.468. The van der Waals surface area contributed by atoms with Crippen molar-refractivity contribution in [3.63, 3.8) is 0 Å². The molecule has 1 spiro atoms. The van der Waals surface area contributed by atoms with Gasteiger partial charge in [0, 0.05) is 12.3 Å². The minimum atomic E-state index is 0.463. The van der Waals surface area contributed by atoms with Crippen molar-refractivity contribution >= 4 is 5.78 Å². The van der Waals surface area contributed by atoms with Gasteiger partial charge in [-0.1, -0.05) is 25.0 Å². The van der Waals surface area contributed by atoms with Crippen molar-refractivity contribution in [2.24, 2.45) is 29.1 Å². The van der Waals surface area contributed by atoms with Gasteiger partial charge in [0.05, 0.1) is 0 Å². The molecule has 0 aromatic carbocycles. The quantitative estimate of drug-likeness (QED) is 0.567. The van der Waals surface area contributed by atoms with Crippen LogP contribution in [0, 0.1) is 29.1 Å². The Morgan fingerprint density at radius 1 is 1.31 bits per heavy atom. The lowest BCUT2D eigenvalue weighted by molar-refractivity contribution is -0.123. The second-order valence-corrected chi connectivity index (χ2v) is 6.50. The van der Waals surface area contributed by atoms with Crippen LogP contribution in [0.5, 0.6) is 0 Å². The van der Waals surface area contributed by atoms with Gasteiger partial charge >= 0.3 is 0 Å². The molecule has 0 heterocycles. The van der Waals surface area contributed by atoms with E-state index in [0.29, 0.717) is 17.1 Å². The molecule has 5 atom stereocenters. The standard InChI is InChI=1S/C15H20O/c16-14-8-13-11-5-3-4-10(11)9-15(13)7-2-1-6-12(14)15/h3-4,10-13H,1-2,5-9H2/t10-,11-,12?,13+,15+/m1/s1. The molecule has 3 saturated carbocycles. The Morgan fingerprint density at radius 3 is 3.19 bits per heavy atom. The van der Waals surface area contributed by atoms with Crippen molar-refractivity contribution < 1.29 is 4.79 Å². The number of Topliss-reactive ketones (excluding diaryl/α,β-unsaturated/α-hetero) is 1. The summed E-state index contributed by atoms with van der Waals surface area (Å²) < 4.78 is 0. The number of rotatable bonds is 0. The Morgan fingerprint density at radius 2 is 2.25 bits per heavy atom. The number of hydrogen-bond acceptors (Lipinski definition) is 1. The molecule has 0 aromatic heterocycles. The molecule has 1 unspecified atom stereocenters. The highest BCUT2D eigenvalue weighted by Gasteiger charge is 2.62. The lowest BCUT2D eigenvalue weighted by atomic mass is 9.64. The van der Waals surface area contributed by atoms with E-state index in [1.165, 1.54) is 38.5 Å². The van der Waals surface area contributed by atoms with E-state index in [4.69, 9.17) is 0 Å². The zero-order chi connectivity index (χ0) is 10.8. The molecule has 16 heavy (non-hydrogen) atoms. The summed E-state index contributed by atoms with van der Waals surface area (Å²) in [5.74, 6) is 3.51. The van der Waals surface area contributed by atoms with Crippen LogP contribution in [-0.2, 0) is 4.79 Å². The maximum Gasteiger partial charge on any atom is 0.136 e. The Labute approximate surface area is 97.3 Å². The van der Waals surface area contributed by atoms with Gasteiger partial charge in [-0.05, 0) is 48.9 Å². The second-order valence-electron chi connectivity index (χ2n) is 6.50. The zero-order valence-electron chi connectivity index (χ0n) is 9.82. The van der Waals surface area contributed by atoms with Crippen molar-refractivity contribution in [3.8, 4) is 0 Å². The SMILES string of the molecule is O=C1C[C@H]2[C@@H]3CC=C[C@@H]3C[C@]23CCCCC13. The van der Waals surface area contributed by atoms with Crippen LogP contribution in [0.25, 0.3) is 0 Å². The Kier molecular flexibility index (Phi) is 1.77. The summed E-state index contributed by atoms with van der Waals surface area (Å²) in [7, 11) is 0. The first-order chi connectivity index (χ1) is 7.81. The van der Waals surface area contributed by atoms with Crippen molar-refractivity contribution in [1.29, 1.82) is 0 Å². The number of carbonyl (C=O) groups is 1. The van der Waals surface area contributed by atoms with Gasteiger partial charge in [0.15, 0.2) is 0 Å². The molecule has 4 aliphatic rings. The Balaban J connectivity index is 1.76. The molecule has 1 nitrogen and oxygen atoms in total. The molecule has 1 heteroatoms. The first-order valence-corrected chi connectivity index (χ1v) is 7.01. The maximum absolute atomic E-state index is 12.2. The maximum atomic E-state index is 12.2. The van der Waals surface area contributed by atoms with Gasteiger partial charge < -0.3 is 0 Å². The van der Waals surface area contributed by atoms with E-state index in [0.717, 1.165) is 24.2 Å². The fourth-order valence-corrected chi connectivity index (χ4v) is 5.57. The van der Waals surface area contributed by atoms with Crippen LogP contribution in [0.1, 0.15) is 44.9 Å². The van der Waals surface area contributed by atoms with Crippen molar-refractivity contribution in [3.05, 3.63) is 12.2 Å². The van der Waals surface area contributed by atoms with E-state index in [1.54, 1.807) is 0 Å². The highest BCUT2D eigenvalue weighted by molar-refractivity contribution is 5.85. The minimum Gasteiger partial charge on any atom is -0.299 e. The van der Waals surface area contributed by atoms with E-state index < -0.39 is 0 Å². The molecule has 0 amide bonds.